The minimum absolute atomic E-state index is 0.530. The third-order valence-corrected chi connectivity index (χ3v) is 2.35. The molecule has 2 unspecified atom stereocenters. The fraction of sp³-hybridized carbons (Fsp3) is 1.00. The number of hydrogen-bond acceptors (Lipinski definition) is 2. The van der Waals surface area contributed by atoms with Gasteiger partial charge in [0.1, 0.15) is 0 Å². The molecule has 4 heteroatoms. The molecule has 0 heterocycles. The molecule has 2 atom stereocenters. The lowest BCUT2D eigenvalue weighted by Gasteiger charge is -1.87. The van der Waals surface area contributed by atoms with E-state index >= 15 is 0 Å². The number of hydrogen-bond donors (Lipinski definition) is 2. The van der Waals surface area contributed by atoms with Gasteiger partial charge in [0.15, 0.2) is 0 Å². The van der Waals surface area contributed by atoms with Crippen LogP contribution >= 0.6 is 16.7 Å². The molecule has 2 nitrogen and oxygen atoms in total. The lowest BCUT2D eigenvalue weighted by molar-refractivity contribution is 0.322. The SMILES string of the molecule is [3H]OCCPPN. The highest BCUT2D eigenvalue weighted by Crippen LogP contribution is 2.27. The van der Waals surface area contributed by atoms with E-state index in [0.717, 1.165) is 14.4 Å². The first-order chi connectivity index (χ1) is 3.41. The standard InChI is InChI=1S/C2H9NOP2/c3-6-5-2-1-4/h4-6H,1-3H2/i4T. The highest BCUT2D eigenvalue weighted by Gasteiger charge is 1.75. The Hall–Kier alpha value is 0.780. The molecule has 38 valence electrons. The molecular formula is C2H9NOP2. The summed E-state index contributed by atoms with van der Waals surface area (Å²) in [5, 5.41) is 4.05. The second-order valence-corrected chi connectivity index (χ2v) is 3.84. The van der Waals surface area contributed by atoms with Gasteiger partial charge in [0.05, 0.1) is 0 Å². The van der Waals surface area contributed by atoms with Crippen LogP contribution in [0.2, 0.25) is 0 Å². The summed E-state index contributed by atoms with van der Waals surface area (Å²) in [7, 11) is 1.31. The maximum Gasteiger partial charge on any atom is 0.210 e. The Balaban J connectivity index is 2.45. The van der Waals surface area contributed by atoms with E-state index in [0.29, 0.717) is 15.0 Å². The minimum Gasteiger partial charge on any atom is -0.396 e. The van der Waals surface area contributed by atoms with E-state index in [4.69, 9.17) is 6.94 Å². The van der Waals surface area contributed by atoms with Crippen molar-refractivity contribution >= 4 is 16.7 Å². The van der Waals surface area contributed by atoms with Crippen molar-refractivity contribution < 1.29 is 5.11 Å². The van der Waals surface area contributed by atoms with Crippen LogP contribution in [0.25, 0.3) is 0 Å². The van der Waals surface area contributed by atoms with Crippen molar-refractivity contribution in [3.63, 3.8) is 0 Å². The lowest BCUT2D eigenvalue weighted by Crippen LogP contribution is -1.80. The van der Waals surface area contributed by atoms with Gasteiger partial charge in [0, 0.05) is 6.61 Å². The predicted octanol–water partition coefficient (Wildman–Crippen LogP) is 0.124. The van der Waals surface area contributed by atoms with Crippen molar-refractivity contribution in [1.82, 2.24) is 0 Å². The van der Waals surface area contributed by atoms with Gasteiger partial charge < -0.3 is 10.6 Å². The van der Waals surface area contributed by atoms with Crippen molar-refractivity contribution in [2.45, 2.75) is 0 Å². The monoisotopic (exact) mass is 127 g/mol. The summed E-state index contributed by atoms with van der Waals surface area (Å²) in [6.45, 7) is 0.530. The van der Waals surface area contributed by atoms with Gasteiger partial charge in [-0.1, -0.05) is 8.27 Å². The third kappa shape index (κ3) is 4.78. The topological polar surface area (TPSA) is 46.2 Å². The Morgan fingerprint density at radius 2 is 2.83 bits per heavy atom. The summed E-state index contributed by atoms with van der Waals surface area (Å²) < 4.78 is 6.25. The van der Waals surface area contributed by atoms with E-state index in [1.54, 1.807) is 0 Å². The first-order valence-corrected chi connectivity index (χ1v) is 4.97. The molecule has 6 heavy (non-hydrogen) atoms. The smallest absolute Gasteiger partial charge is 0.210 e. The summed E-state index contributed by atoms with van der Waals surface area (Å²) >= 11 is 0. The molecule has 0 amide bonds. The van der Waals surface area contributed by atoms with Crippen LogP contribution < -0.4 is 5.50 Å². The predicted molar refractivity (Wildman–Crippen MR) is 32.8 cm³/mol. The summed E-state index contributed by atoms with van der Waals surface area (Å²) in [5.41, 5.74) is 5.19. The van der Waals surface area contributed by atoms with Gasteiger partial charge in [-0.3, -0.25) is 0 Å². The molecule has 0 saturated carbocycles. The van der Waals surface area contributed by atoms with Crippen molar-refractivity contribution in [3.05, 3.63) is 0 Å². The second kappa shape index (κ2) is 5.78. The molecule has 0 aliphatic heterocycles. The third-order valence-electron chi connectivity index (χ3n) is 0.329. The zero-order chi connectivity index (χ0) is 5.54. The van der Waals surface area contributed by atoms with Crippen LogP contribution in [0.15, 0.2) is 0 Å². The van der Waals surface area contributed by atoms with E-state index in [-0.39, 0.29) is 0 Å². The van der Waals surface area contributed by atoms with Gasteiger partial charge in [0.25, 0.3) is 0 Å². The van der Waals surface area contributed by atoms with Gasteiger partial charge in [-0.15, -0.1) is 0 Å². The molecule has 0 radical (unpaired) electrons. The van der Waals surface area contributed by atoms with Crippen LogP contribution in [0.3, 0.4) is 0 Å². The van der Waals surface area contributed by atoms with Gasteiger partial charge in [-0.2, -0.15) is 0 Å². The molecule has 0 saturated heterocycles. The molecule has 0 aliphatic rings. The highest BCUT2D eigenvalue weighted by molar-refractivity contribution is 8.10. The first-order valence-electron chi connectivity index (χ1n) is 2.09. The van der Waals surface area contributed by atoms with Crippen LogP contribution in [-0.2, 0) is 0 Å². The Kier molecular flexibility index (Phi) is 4.75. The van der Waals surface area contributed by atoms with Gasteiger partial charge in [0.2, 0.25) is 1.43 Å². The van der Waals surface area contributed by atoms with Crippen LogP contribution in [0, 0.1) is 0 Å². The highest BCUT2D eigenvalue weighted by atomic mass is 32.0. The van der Waals surface area contributed by atoms with E-state index in [1.165, 1.54) is 0 Å². The molecular weight excluding hydrogens is 116 g/mol. The van der Waals surface area contributed by atoms with Crippen molar-refractivity contribution in [1.29, 1.82) is 1.43 Å². The largest absolute Gasteiger partial charge is 0.396 e. The molecule has 0 bridgehead atoms. The molecule has 0 aromatic heterocycles. The van der Waals surface area contributed by atoms with Gasteiger partial charge in [-0.05, 0) is 14.6 Å². The molecule has 0 fully saturated rings. The van der Waals surface area contributed by atoms with Crippen molar-refractivity contribution in [2.24, 2.45) is 5.50 Å². The fourth-order valence-corrected chi connectivity index (χ4v) is 1.11. The summed E-state index contributed by atoms with van der Waals surface area (Å²) in [6, 6.07) is 0. The Morgan fingerprint density at radius 3 is 3.33 bits per heavy atom. The second-order valence-electron chi connectivity index (χ2n) is 0.775. The normalized spacial score (nSPS) is 15.2. The van der Waals surface area contributed by atoms with E-state index in [1.807, 2.05) is 0 Å². The zero-order valence-electron chi connectivity index (χ0n) is 4.40. The van der Waals surface area contributed by atoms with Crippen LogP contribution in [0.5, 0.6) is 0 Å². The Bertz CT molecular complexity index is 34.9. The minimum atomic E-state index is 0.530. The van der Waals surface area contributed by atoms with E-state index in [9.17, 15) is 0 Å². The van der Waals surface area contributed by atoms with Crippen LogP contribution in [0.1, 0.15) is 0 Å². The average Bonchev–Trinajstić information content (AvgIpc) is 1.69. The first kappa shape index (κ1) is 4.93. The van der Waals surface area contributed by atoms with E-state index in [2.05, 4.69) is 5.11 Å². The maximum atomic E-state index is 6.25. The number of aliphatic hydroxyl groups is 1. The van der Waals surface area contributed by atoms with Gasteiger partial charge in [-0.25, -0.2) is 0 Å². The number of nitrogens with two attached hydrogens (primary N) is 1. The van der Waals surface area contributed by atoms with Crippen molar-refractivity contribution in [3.8, 4) is 0 Å². The quantitative estimate of drug-likeness (QED) is 0.416. The molecule has 0 spiro atoms. The summed E-state index contributed by atoms with van der Waals surface area (Å²) in [4.78, 5) is 0. The Labute approximate surface area is 42.5 Å². The van der Waals surface area contributed by atoms with Gasteiger partial charge >= 0.3 is 0 Å². The molecule has 0 rings (SSSR count). The van der Waals surface area contributed by atoms with Crippen LogP contribution in [0.4, 0.5) is 0 Å². The number of aliphatic hydroxyl groups excluding tert-OH is 1. The lowest BCUT2D eigenvalue weighted by atomic mass is 10.9. The fourth-order valence-electron chi connectivity index (χ4n) is 0.123. The van der Waals surface area contributed by atoms with Crippen molar-refractivity contribution in [2.75, 3.05) is 12.8 Å². The molecule has 0 aromatic carbocycles. The number of rotatable bonds is 4. The maximum absolute atomic E-state index is 6.25. The molecule has 0 aromatic rings. The molecule has 0 aliphatic carbocycles. The summed E-state index contributed by atoms with van der Waals surface area (Å²) in [6.07, 6.45) is 0.943. The average molecular weight is 127 g/mol. The van der Waals surface area contributed by atoms with Crippen LogP contribution in [-0.4, -0.2) is 19.3 Å². The summed E-state index contributed by atoms with van der Waals surface area (Å²) in [5.74, 6) is 0. The van der Waals surface area contributed by atoms with E-state index < -0.39 is 0 Å². The Morgan fingerprint density at radius 1 is 2.00 bits per heavy atom. The molecule has 3 N–H and O–H groups in total. The zero-order valence-corrected chi connectivity index (χ0v) is 5.40.